The zero-order valence-corrected chi connectivity index (χ0v) is 15.0. The van der Waals surface area contributed by atoms with Crippen LogP contribution < -0.4 is 9.46 Å². The Morgan fingerprint density at radius 2 is 1.83 bits per heavy atom. The molecule has 0 aliphatic rings. The molecular weight excluding hydrogens is 336 g/mol. The minimum atomic E-state index is -4.32. The average Bonchev–Trinajstić information content (AvgIpc) is 2.43. The number of nitrogens with zero attached hydrogens (tertiary/aromatic N) is 1. The van der Waals surface area contributed by atoms with Gasteiger partial charge in [0.2, 0.25) is 0 Å². The second-order valence-corrected chi connectivity index (χ2v) is 7.17. The van der Waals surface area contributed by atoms with E-state index < -0.39 is 22.5 Å². The van der Waals surface area contributed by atoms with Gasteiger partial charge in [0.05, 0.1) is 6.10 Å². The van der Waals surface area contributed by atoms with Crippen molar-refractivity contribution < 1.29 is 27.9 Å². The zero-order valence-electron chi connectivity index (χ0n) is 14.1. The van der Waals surface area contributed by atoms with Crippen LogP contribution in [-0.2, 0) is 10.3 Å². The highest BCUT2D eigenvalue weighted by atomic mass is 32.2. The standard InChI is InChI=1S/C15H26N2O6S/c1-11-4-5-15(12(2)6-11)23-10-14(19)9-17(3)8-13(18)7-16-24(20,21)22/h4-6,13-14,16,18-19H,7-10H2,1-3H3,(H,20,21,22). The van der Waals surface area contributed by atoms with Crippen molar-refractivity contribution in [3.63, 3.8) is 0 Å². The molecule has 1 aromatic carbocycles. The van der Waals surface area contributed by atoms with Crippen LogP contribution in [-0.4, -0.2) is 73.6 Å². The maximum absolute atomic E-state index is 10.5. The molecule has 0 amide bonds. The number of ether oxygens (including phenoxy) is 1. The highest BCUT2D eigenvalue weighted by Crippen LogP contribution is 2.18. The van der Waals surface area contributed by atoms with E-state index in [4.69, 9.17) is 9.29 Å². The monoisotopic (exact) mass is 362 g/mol. The molecular formula is C15H26N2O6S. The molecule has 1 aromatic rings. The van der Waals surface area contributed by atoms with Crippen molar-refractivity contribution in [3.05, 3.63) is 29.3 Å². The van der Waals surface area contributed by atoms with Gasteiger partial charge >= 0.3 is 10.3 Å². The molecule has 0 radical (unpaired) electrons. The summed E-state index contributed by atoms with van der Waals surface area (Å²) in [4.78, 5) is 1.65. The number of hydrogen-bond donors (Lipinski definition) is 4. The van der Waals surface area contributed by atoms with Gasteiger partial charge < -0.3 is 19.8 Å². The van der Waals surface area contributed by atoms with Crippen molar-refractivity contribution in [2.75, 3.05) is 33.3 Å². The summed E-state index contributed by atoms with van der Waals surface area (Å²) in [6.07, 6.45) is -1.78. The van der Waals surface area contributed by atoms with Gasteiger partial charge in [0.1, 0.15) is 18.5 Å². The molecule has 0 fully saturated rings. The van der Waals surface area contributed by atoms with Crippen molar-refractivity contribution in [1.82, 2.24) is 9.62 Å². The number of aryl methyl sites for hydroxylation is 2. The number of benzene rings is 1. The second-order valence-electron chi connectivity index (χ2n) is 5.93. The SMILES string of the molecule is Cc1ccc(OCC(O)CN(C)CC(O)CNS(=O)(=O)O)c(C)c1. The topological polar surface area (TPSA) is 119 Å². The van der Waals surface area contributed by atoms with Crippen LogP contribution in [0.25, 0.3) is 0 Å². The Labute approximate surface area is 142 Å². The van der Waals surface area contributed by atoms with E-state index >= 15 is 0 Å². The molecule has 0 saturated carbocycles. The Morgan fingerprint density at radius 1 is 1.21 bits per heavy atom. The largest absolute Gasteiger partial charge is 0.491 e. The lowest BCUT2D eigenvalue weighted by atomic mass is 10.1. The average molecular weight is 362 g/mol. The molecule has 0 saturated heterocycles. The normalized spacial score (nSPS) is 14.6. The van der Waals surface area contributed by atoms with Gasteiger partial charge in [-0.2, -0.15) is 13.1 Å². The van der Waals surface area contributed by atoms with Crippen LogP contribution >= 0.6 is 0 Å². The fraction of sp³-hybridized carbons (Fsp3) is 0.600. The van der Waals surface area contributed by atoms with Gasteiger partial charge in [-0.05, 0) is 32.5 Å². The van der Waals surface area contributed by atoms with Crippen LogP contribution in [0.3, 0.4) is 0 Å². The number of rotatable bonds is 10. The first-order valence-corrected chi connectivity index (χ1v) is 8.97. The van der Waals surface area contributed by atoms with E-state index in [0.29, 0.717) is 5.75 Å². The molecule has 0 bridgehead atoms. The van der Waals surface area contributed by atoms with Gasteiger partial charge in [0, 0.05) is 19.6 Å². The third-order valence-electron chi connectivity index (χ3n) is 3.31. The molecule has 9 heteroatoms. The maximum Gasteiger partial charge on any atom is 0.333 e. The second kappa shape index (κ2) is 9.30. The van der Waals surface area contributed by atoms with Gasteiger partial charge in [-0.15, -0.1) is 0 Å². The van der Waals surface area contributed by atoms with Gasteiger partial charge in [-0.25, -0.2) is 0 Å². The predicted molar refractivity (Wildman–Crippen MR) is 90.5 cm³/mol. The molecule has 0 aromatic heterocycles. The Bertz CT molecular complexity index is 622. The van der Waals surface area contributed by atoms with E-state index in [1.165, 1.54) is 0 Å². The molecule has 0 aliphatic carbocycles. The summed E-state index contributed by atoms with van der Waals surface area (Å²) in [7, 11) is -2.64. The summed E-state index contributed by atoms with van der Waals surface area (Å²) in [5.41, 5.74) is 2.12. The molecule has 1 rings (SSSR count). The van der Waals surface area contributed by atoms with Crippen LogP contribution in [0.1, 0.15) is 11.1 Å². The predicted octanol–water partition coefficient (Wildman–Crippen LogP) is -0.272. The van der Waals surface area contributed by atoms with E-state index in [0.717, 1.165) is 11.1 Å². The Kier molecular flexibility index (Phi) is 8.07. The van der Waals surface area contributed by atoms with Crippen molar-refractivity contribution in [3.8, 4) is 5.75 Å². The first-order valence-electron chi connectivity index (χ1n) is 7.53. The summed E-state index contributed by atoms with van der Waals surface area (Å²) in [6, 6.07) is 5.78. The third kappa shape index (κ3) is 8.57. The van der Waals surface area contributed by atoms with Crippen LogP contribution in [0.15, 0.2) is 18.2 Å². The molecule has 138 valence electrons. The number of hydrogen-bond acceptors (Lipinski definition) is 6. The highest BCUT2D eigenvalue weighted by molar-refractivity contribution is 7.83. The van der Waals surface area contributed by atoms with Crippen LogP contribution in [0.2, 0.25) is 0 Å². The molecule has 0 aliphatic heterocycles. The molecule has 0 spiro atoms. The first-order chi connectivity index (χ1) is 11.1. The van der Waals surface area contributed by atoms with Crippen LogP contribution in [0.4, 0.5) is 0 Å². The van der Waals surface area contributed by atoms with Gasteiger partial charge in [0.15, 0.2) is 0 Å². The minimum absolute atomic E-state index is 0.105. The Morgan fingerprint density at radius 3 is 2.42 bits per heavy atom. The number of nitrogens with one attached hydrogen (secondary N) is 1. The number of aliphatic hydroxyl groups is 2. The van der Waals surface area contributed by atoms with Gasteiger partial charge in [0.25, 0.3) is 0 Å². The smallest absolute Gasteiger partial charge is 0.333 e. The summed E-state index contributed by atoms with van der Waals surface area (Å²) < 4.78 is 37.0. The summed E-state index contributed by atoms with van der Waals surface area (Å²) in [5, 5.41) is 19.7. The first kappa shape index (κ1) is 20.8. The van der Waals surface area contributed by atoms with Gasteiger partial charge in [-0.3, -0.25) is 4.55 Å². The maximum atomic E-state index is 10.5. The molecule has 0 heterocycles. The molecule has 2 unspecified atom stereocenters. The van der Waals surface area contributed by atoms with E-state index in [1.54, 1.807) is 16.7 Å². The number of aliphatic hydroxyl groups excluding tert-OH is 2. The Balaban J connectivity index is 2.34. The van der Waals surface area contributed by atoms with E-state index in [9.17, 15) is 18.6 Å². The highest BCUT2D eigenvalue weighted by Gasteiger charge is 2.15. The quantitative estimate of drug-likeness (QED) is 0.423. The summed E-state index contributed by atoms with van der Waals surface area (Å²) in [6.45, 7) is 4.09. The van der Waals surface area contributed by atoms with E-state index in [-0.39, 0.29) is 26.2 Å². The lowest BCUT2D eigenvalue weighted by Crippen LogP contribution is -2.41. The van der Waals surface area contributed by atoms with Crippen molar-refractivity contribution in [1.29, 1.82) is 0 Å². The molecule has 24 heavy (non-hydrogen) atoms. The number of likely N-dealkylation sites (N-methyl/N-ethyl adjacent to an activating group) is 1. The van der Waals surface area contributed by atoms with Crippen molar-refractivity contribution in [2.24, 2.45) is 0 Å². The molecule has 2 atom stereocenters. The van der Waals surface area contributed by atoms with E-state index in [1.807, 2.05) is 32.0 Å². The summed E-state index contributed by atoms with van der Waals surface area (Å²) >= 11 is 0. The fourth-order valence-electron chi connectivity index (χ4n) is 2.26. The fourth-order valence-corrected chi connectivity index (χ4v) is 2.66. The van der Waals surface area contributed by atoms with Crippen molar-refractivity contribution in [2.45, 2.75) is 26.1 Å². The lowest BCUT2D eigenvalue weighted by molar-refractivity contribution is 0.0569. The third-order valence-corrected chi connectivity index (χ3v) is 3.84. The van der Waals surface area contributed by atoms with E-state index in [2.05, 4.69) is 0 Å². The van der Waals surface area contributed by atoms with Crippen LogP contribution in [0, 0.1) is 13.8 Å². The summed E-state index contributed by atoms with van der Waals surface area (Å²) in [5.74, 6) is 0.708. The zero-order chi connectivity index (χ0) is 18.3. The Hall–Kier alpha value is -1.23. The molecule has 4 N–H and O–H groups in total. The molecule has 8 nitrogen and oxygen atoms in total. The van der Waals surface area contributed by atoms with Crippen molar-refractivity contribution >= 4 is 10.3 Å². The van der Waals surface area contributed by atoms with Gasteiger partial charge in [-0.1, -0.05) is 17.7 Å². The van der Waals surface area contributed by atoms with Crippen LogP contribution in [0.5, 0.6) is 5.75 Å². The minimum Gasteiger partial charge on any atom is -0.491 e. The lowest BCUT2D eigenvalue weighted by Gasteiger charge is -2.23.